The minimum atomic E-state index is -0.513. The summed E-state index contributed by atoms with van der Waals surface area (Å²) in [7, 11) is 3.33. The lowest BCUT2D eigenvalue weighted by atomic mass is 10.2. The van der Waals surface area contributed by atoms with Crippen molar-refractivity contribution in [3.8, 4) is 5.75 Å². The molecule has 0 bridgehead atoms. The number of hydrogen-bond acceptors (Lipinski definition) is 6. The smallest absolute Gasteiger partial charge is 0.239 e. The van der Waals surface area contributed by atoms with Crippen LogP contribution in [-0.4, -0.2) is 24.1 Å². The Morgan fingerprint density at radius 2 is 2.15 bits per heavy atom. The molecule has 0 radical (unpaired) electrons. The first kappa shape index (κ1) is 14.0. The number of hydrazine groups is 1. The zero-order chi connectivity index (χ0) is 14.5. The van der Waals surface area contributed by atoms with Crippen LogP contribution in [-0.2, 0) is 6.54 Å². The second kappa shape index (κ2) is 6.16. The fraction of sp³-hybridized carbons (Fsp3) is 0.231. The molecule has 0 aliphatic heterocycles. The van der Waals surface area contributed by atoms with Gasteiger partial charge in [0.15, 0.2) is 11.6 Å². The third kappa shape index (κ3) is 2.94. The molecular formula is C13H16FN5O. The van der Waals surface area contributed by atoms with Crippen molar-refractivity contribution in [3.05, 3.63) is 41.8 Å². The van der Waals surface area contributed by atoms with E-state index in [2.05, 4.69) is 15.4 Å². The summed E-state index contributed by atoms with van der Waals surface area (Å²) >= 11 is 0. The first-order chi connectivity index (χ1) is 9.65. The maximum atomic E-state index is 13.8. The van der Waals surface area contributed by atoms with Crippen LogP contribution < -0.4 is 20.9 Å². The Morgan fingerprint density at radius 3 is 2.85 bits per heavy atom. The van der Waals surface area contributed by atoms with E-state index >= 15 is 0 Å². The number of methoxy groups -OCH3 is 1. The highest BCUT2D eigenvalue weighted by Gasteiger charge is 2.13. The van der Waals surface area contributed by atoms with Crippen LogP contribution in [0.25, 0.3) is 0 Å². The van der Waals surface area contributed by atoms with Crippen molar-refractivity contribution in [3.63, 3.8) is 0 Å². The summed E-state index contributed by atoms with van der Waals surface area (Å²) in [6, 6.07) is 7.54. The Morgan fingerprint density at radius 1 is 1.40 bits per heavy atom. The highest BCUT2D eigenvalue weighted by Crippen LogP contribution is 2.22. The summed E-state index contributed by atoms with van der Waals surface area (Å²) in [6.07, 6.45) is 1.08. The summed E-state index contributed by atoms with van der Waals surface area (Å²) in [5.74, 6) is 5.79. The molecule has 20 heavy (non-hydrogen) atoms. The fourth-order valence-corrected chi connectivity index (χ4v) is 1.86. The fourth-order valence-electron chi connectivity index (χ4n) is 1.86. The minimum absolute atomic E-state index is 0.160. The number of anilines is 2. The van der Waals surface area contributed by atoms with E-state index in [1.54, 1.807) is 19.1 Å². The van der Waals surface area contributed by atoms with E-state index in [0.29, 0.717) is 6.54 Å². The molecule has 1 aromatic heterocycles. The van der Waals surface area contributed by atoms with Gasteiger partial charge in [-0.1, -0.05) is 18.2 Å². The van der Waals surface area contributed by atoms with Gasteiger partial charge in [-0.25, -0.2) is 15.2 Å². The van der Waals surface area contributed by atoms with Gasteiger partial charge in [0.25, 0.3) is 0 Å². The highest BCUT2D eigenvalue weighted by atomic mass is 19.1. The molecule has 1 heterocycles. The number of benzene rings is 1. The number of nitrogens with zero attached hydrogens (tertiary/aromatic N) is 3. The van der Waals surface area contributed by atoms with Crippen molar-refractivity contribution < 1.29 is 9.13 Å². The second-order valence-corrected chi connectivity index (χ2v) is 4.18. The molecule has 6 nitrogen and oxygen atoms in total. The minimum Gasteiger partial charge on any atom is -0.496 e. The number of hydrogen-bond donors (Lipinski definition) is 2. The van der Waals surface area contributed by atoms with Crippen LogP contribution >= 0.6 is 0 Å². The Balaban J connectivity index is 2.25. The van der Waals surface area contributed by atoms with Crippen LogP contribution in [0.1, 0.15) is 5.56 Å². The van der Waals surface area contributed by atoms with Crippen molar-refractivity contribution >= 4 is 11.8 Å². The third-order valence-electron chi connectivity index (χ3n) is 2.82. The van der Waals surface area contributed by atoms with E-state index in [4.69, 9.17) is 10.6 Å². The molecule has 0 atom stereocenters. The van der Waals surface area contributed by atoms with Crippen LogP contribution in [0.4, 0.5) is 16.2 Å². The molecule has 0 aliphatic rings. The maximum Gasteiger partial charge on any atom is 0.239 e. The standard InChI is InChI=1S/C13H16FN5O/c1-19(8-9-5-3-4-6-11(9)20-2)12-10(14)7-16-13(17-12)18-15/h3-7H,8,15H2,1-2H3,(H,16,17,18). The Bertz CT molecular complexity index is 593. The molecule has 1 aromatic carbocycles. The molecular weight excluding hydrogens is 261 g/mol. The van der Waals surface area contributed by atoms with E-state index < -0.39 is 5.82 Å². The van der Waals surface area contributed by atoms with E-state index in [-0.39, 0.29) is 11.8 Å². The molecule has 0 fully saturated rings. The topological polar surface area (TPSA) is 76.3 Å². The monoisotopic (exact) mass is 277 g/mol. The van der Waals surface area contributed by atoms with Gasteiger partial charge in [0, 0.05) is 19.2 Å². The molecule has 106 valence electrons. The average molecular weight is 277 g/mol. The molecule has 2 rings (SSSR count). The number of rotatable bonds is 5. The number of aromatic nitrogens is 2. The number of ether oxygens (including phenoxy) is 1. The van der Waals surface area contributed by atoms with Gasteiger partial charge in [-0.2, -0.15) is 4.98 Å². The number of nitrogens with two attached hydrogens (primary N) is 1. The van der Waals surface area contributed by atoms with Crippen LogP contribution in [0, 0.1) is 5.82 Å². The van der Waals surface area contributed by atoms with Crippen molar-refractivity contribution in [1.82, 2.24) is 9.97 Å². The molecule has 0 spiro atoms. The largest absolute Gasteiger partial charge is 0.496 e. The van der Waals surface area contributed by atoms with Gasteiger partial charge in [0.1, 0.15) is 5.75 Å². The Labute approximate surface area is 116 Å². The first-order valence-corrected chi connectivity index (χ1v) is 5.98. The van der Waals surface area contributed by atoms with Crippen LogP contribution in [0.3, 0.4) is 0 Å². The van der Waals surface area contributed by atoms with Gasteiger partial charge in [-0.15, -0.1) is 0 Å². The van der Waals surface area contributed by atoms with Gasteiger partial charge in [0.05, 0.1) is 13.3 Å². The van der Waals surface area contributed by atoms with Crippen molar-refractivity contribution in [2.75, 3.05) is 24.5 Å². The molecule has 0 unspecified atom stereocenters. The summed E-state index contributed by atoms with van der Waals surface area (Å²) in [6.45, 7) is 0.446. The second-order valence-electron chi connectivity index (χ2n) is 4.18. The Kier molecular flexibility index (Phi) is 4.31. The SMILES string of the molecule is COc1ccccc1CN(C)c1nc(NN)ncc1F. The quantitative estimate of drug-likeness (QED) is 0.638. The van der Waals surface area contributed by atoms with Gasteiger partial charge in [0.2, 0.25) is 5.95 Å². The molecule has 7 heteroatoms. The molecule has 0 aliphatic carbocycles. The first-order valence-electron chi connectivity index (χ1n) is 5.98. The molecule has 0 amide bonds. The van der Waals surface area contributed by atoms with Gasteiger partial charge < -0.3 is 9.64 Å². The van der Waals surface area contributed by atoms with Gasteiger partial charge in [-0.05, 0) is 6.07 Å². The van der Waals surface area contributed by atoms with Crippen LogP contribution in [0.5, 0.6) is 5.75 Å². The number of para-hydroxylation sites is 1. The predicted octanol–water partition coefficient (Wildman–Crippen LogP) is 1.55. The molecule has 2 aromatic rings. The molecule has 0 saturated heterocycles. The summed E-state index contributed by atoms with van der Waals surface area (Å²) in [4.78, 5) is 9.37. The van der Waals surface area contributed by atoms with E-state index in [9.17, 15) is 4.39 Å². The zero-order valence-corrected chi connectivity index (χ0v) is 11.3. The predicted molar refractivity (Wildman–Crippen MR) is 74.9 cm³/mol. The van der Waals surface area contributed by atoms with Crippen molar-refractivity contribution in [2.45, 2.75) is 6.54 Å². The lowest BCUT2D eigenvalue weighted by molar-refractivity contribution is 0.409. The highest BCUT2D eigenvalue weighted by molar-refractivity contribution is 5.45. The normalized spacial score (nSPS) is 10.2. The van der Waals surface area contributed by atoms with E-state index in [1.165, 1.54) is 0 Å². The summed E-state index contributed by atoms with van der Waals surface area (Å²) in [5.41, 5.74) is 3.22. The van der Waals surface area contributed by atoms with Crippen molar-refractivity contribution in [1.29, 1.82) is 0 Å². The lowest BCUT2D eigenvalue weighted by Crippen LogP contribution is -2.21. The van der Waals surface area contributed by atoms with Gasteiger partial charge in [-0.3, -0.25) is 5.43 Å². The lowest BCUT2D eigenvalue weighted by Gasteiger charge is -2.20. The van der Waals surface area contributed by atoms with Crippen LogP contribution in [0.15, 0.2) is 30.5 Å². The number of nitrogens with one attached hydrogen (secondary N) is 1. The summed E-state index contributed by atoms with van der Waals surface area (Å²) in [5, 5.41) is 0. The average Bonchev–Trinajstić information content (AvgIpc) is 2.48. The van der Waals surface area contributed by atoms with Crippen LogP contribution in [0.2, 0.25) is 0 Å². The van der Waals surface area contributed by atoms with Gasteiger partial charge >= 0.3 is 0 Å². The number of halogens is 1. The third-order valence-corrected chi connectivity index (χ3v) is 2.82. The molecule has 0 saturated carbocycles. The molecule has 3 N–H and O–H groups in total. The Hall–Kier alpha value is -2.41. The zero-order valence-electron chi connectivity index (χ0n) is 11.3. The van der Waals surface area contributed by atoms with E-state index in [1.807, 2.05) is 24.3 Å². The maximum absolute atomic E-state index is 13.8. The van der Waals surface area contributed by atoms with E-state index in [0.717, 1.165) is 17.5 Å². The summed E-state index contributed by atoms with van der Waals surface area (Å²) < 4.78 is 19.0. The van der Waals surface area contributed by atoms with Crippen molar-refractivity contribution in [2.24, 2.45) is 5.84 Å². The number of nitrogen functional groups attached to an aromatic ring is 1.